The third-order valence-electron chi connectivity index (χ3n) is 2.50. The van der Waals surface area contributed by atoms with Crippen LogP contribution >= 0.6 is 0 Å². The van der Waals surface area contributed by atoms with Gasteiger partial charge in [0.2, 0.25) is 0 Å². The van der Waals surface area contributed by atoms with Crippen molar-refractivity contribution in [3.8, 4) is 5.75 Å². The maximum Gasteiger partial charge on any atom is 0.262 e. The van der Waals surface area contributed by atoms with E-state index in [9.17, 15) is 17.9 Å². The SMILES string of the molecule is Cc1ccc(NS(=O)(=O)c2cccc(O)c2)c(F)c1. The molecule has 6 heteroatoms. The molecule has 0 amide bonds. The second kappa shape index (κ2) is 4.89. The summed E-state index contributed by atoms with van der Waals surface area (Å²) in [4.78, 5) is -0.132. The zero-order valence-electron chi connectivity index (χ0n) is 10.1. The monoisotopic (exact) mass is 281 g/mol. The Morgan fingerprint density at radius 1 is 1.16 bits per heavy atom. The van der Waals surface area contributed by atoms with E-state index in [0.29, 0.717) is 5.56 Å². The molecule has 100 valence electrons. The van der Waals surface area contributed by atoms with E-state index in [-0.39, 0.29) is 16.3 Å². The Hall–Kier alpha value is -2.08. The van der Waals surface area contributed by atoms with E-state index in [1.807, 2.05) is 0 Å². The van der Waals surface area contributed by atoms with Crippen molar-refractivity contribution in [3.63, 3.8) is 0 Å². The van der Waals surface area contributed by atoms with Gasteiger partial charge in [0, 0.05) is 6.07 Å². The van der Waals surface area contributed by atoms with Gasteiger partial charge in [0.15, 0.2) is 0 Å². The average molecular weight is 281 g/mol. The lowest BCUT2D eigenvalue weighted by Crippen LogP contribution is -2.13. The Balaban J connectivity index is 2.36. The van der Waals surface area contributed by atoms with Crippen LogP contribution in [0.5, 0.6) is 5.75 Å². The van der Waals surface area contributed by atoms with Gasteiger partial charge in [0.25, 0.3) is 10.0 Å². The first-order valence-electron chi connectivity index (χ1n) is 5.46. The van der Waals surface area contributed by atoms with Crippen molar-refractivity contribution in [2.24, 2.45) is 0 Å². The second-order valence-electron chi connectivity index (χ2n) is 4.09. The molecule has 0 fully saturated rings. The maximum atomic E-state index is 13.6. The minimum atomic E-state index is -3.92. The zero-order valence-corrected chi connectivity index (χ0v) is 10.9. The molecule has 0 bridgehead atoms. The zero-order chi connectivity index (χ0) is 14.0. The van der Waals surface area contributed by atoms with Crippen LogP contribution in [0.4, 0.5) is 10.1 Å². The van der Waals surface area contributed by atoms with E-state index in [2.05, 4.69) is 4.72 Å². The van der Waals surface area contributed by atoms with Crippen molar-refractivity contribution in [2.75, 3.05) is 4.72 Å². The van der Waals surface area contributed by atoms with E-state index in [1.54, 1.807) is 13.0 Å². The third kappa shape index (κ3) is 3.03. The van der Waals surface area contributed by atoms with E-state index >= 15 is 0 Å². The Morgan fingerprint density at radius 2 is 1.89 bits per heavy atom. The lowest BCUT2D eigenvalue weighted by atomic mass is 10.2. The molecule has 0 aliphatic heterocycles. The summed E-state index contributed by atoms with van der Waals surface area (Å²) >= 11 is 0. The number of phenols is 1. The summed E-state index contributed by atoms with van der Waals surface area (Å²) in [6, 6.07) is 9.35. The lowest BCUT2D eigenvalue weighted by molar-refractivity contribution is 0.473. The molecule has 4 nitrogen and oxygen atoms in total. The number of benzene rings is 2. The number of nitrogens with one attached hydrogen (secondary N) is 1. The topological polar surface area (TPSA) is 66.4 Å². The molecule has 0 spiro atoms. The van der Waals surface area contributed by atoms with Gasteiger partial charge in [0.1, 0.15) is 11.6 Å². The molecule has 0 atom stereocenters. The summed E-state index contributed by atoms with van der Waals surface area (Å²) in [5.74, 6) is -0.823. The largest absolute Gasteiger partial charge is 0.508 e. The van der Waals surface area contributed by atoms with E-state index < -0.39 is 15.8 Å². The Morgan fingerprint density at radius 3 is 2.53 bits per heavy atom. The summed E-state index contributed by atoms with van der Waals surface area (Å²) < 4.78 is 39.7. The molecule has 0 aliphatic carbocycles. The predicted octanol–water partition coefficient (Wildman–Crippen LogP) is 2.64. The number of sulfonamides is 1. The van der Waals surface area contributed by atoms with Gasteiger partial charge in [-0.3, -0.25) is 4.72 Å². The minimum absolute atomic E-state index is 0.131. The average Bonchev–Trinajstić information content (AvgIpc) is 2.33. The highest BCUT2D eigenvalue weighted by molar-refractivity contribution is 7.92. The van der Waals surface area contributed by atoms with Crippen LogP contribution in [0.15, 0.2) is 47.4 Å². The number of halogens is 1. The Labute approximate surface area is 110 Å². The van der Waals surface area contributed by atoms with E-state index in [1.165, 1.54) is 30.3 Å². The predicted molar refractivity (Wildman–Crippen MR) is 70.1 cm³/mol. The number of hydrogen-bond donors (Lipinski definition) is 2. The van der Waals surface area contributed by atoms with Gasteiger partial charge in [-0.25, -0.2) is 12.8 Å². The highest BCUT2D eigenvalue weighted by Gasteiger charge is 2.16. The summed E-state index contributed by atoms with van der Waals surface area (Å²) in [5, 5.41) is 9.27. The van der Waals surface area contributed by atoms with Gasteiger partial charge < -0.3 is 5.11 Å². The quantitative estimate of drug-likeness (QED) is 0.909. The molecular formula is C13H12FNO3S. The molecule has 2 rings (SSSR count). The van der Waals surface area contributed by atoms with Crippen LogP contribution in [-0.2, 0) is 10.0 Å². The molecule has 0 radical (unpaired) electrons. The standard InChI is InChI=1S/C13H12FNO3S/c1-9-5-6-13(12(14)7-9)15-19(17,18)11-4-2-3-10(16)8-11/h2-8,15-16H,1H3. The first-order chi connectivity index (χ1) is 8.88. The van der Waals surface area contributed by atoms with Crippen molar-refractivity contribution >= 4 is 15.7 Å². The van der Waals surface area contributed by atoms with E-state index in [4.69, 9.17) is 0 Å². The van der Waals surface area contributed by atoms with Crippen LogP contribution in [0.2, 0.25) is 0 Å². The molecule has 2 N–H and O–H groups in total. The van der Waals surface area contributed by atoms with Gasteiger partial charge in [-0.1, -0.05) is 12.1 Å². The number of aryl methyl sites for hydroxylation is 1. The number of aromatic hydroxyl groups is 1. The summed E-state index contributed by atoms with van der Waals surface area (Å²) in [6.07, 6.45) is 0. The van der Waals surface area contributed by atoms with Gasteiger partial charge in [0.05, 0.1) is 10.6 Å². The van der Waals surface area contributed by atoms with Gasteiger partial charge in [-0.2, -0.15) is 0 Å². The fourth-order valence-electron chi connectivity index (χ4n) is 1.56. The van der Waals surface area contributed by atoms with Crippen molar-refractivity contribution in [1.29, 1.82) is 0 Å². The fraction of sp³-hybridized carbons (Fsp3) is 0.0769. The first kappa shape index (κ1) is 13.4. The molecule has 0 heterocycles. The normalized spacial score (nSPS) is 11.3. The van der Waals surface area contributed by atoms with Crippen LogP contribution in [0.25, 0.3) is 0 Å². The Bertz CT molecular complexity index is 714. The highest BCUT2D eigenvalue weighted by atomic mass is 32.2. The van der Waals surface area contributed by atoms with Gasteiger partial charge in [-0.15, -0.1) is 0 Å². The summed E-state index contributed by atoms with van der Waals surface area (Å²) in [5.41, 5.74) is 0.562. The van der Waals surface area contributed by atoms with Gasteiger partial charge >= 0.3 is 0 Å². The third-order valence-corrected chi connectivity index (χ3v) is 3.86. The molecule has 0 aromatic heterocycles. The Kier molecular flexibility index (Phi) is 3.44. The first-order valence-corrected chi connectivity index (χ1v) is 6.95. The van der Waals surface area contributed by atoms with Crippen LogP contribution in [-0.4, -0.2) is 13.5 Å². The summed E-state index contributed by atoms with van der Waals surface area (Å²) in [7, 11) is -3.92. The molecule has 0 saturated heterocycles. The van der Waals surface area contributed by atoms with Crippen LogP contribution in [0.1, 0.15) is 5.56 Å². The lowest BCUT2D eigenvalue weighted by Gasteiger charge is -2.09. The molecule has 2 aromatic carbocycles. The molecular weight excluding hydrogens is 269 g/mol. The van der Waals surface area contributed by atoms with Crippen molar-refractivity contribution in [1.82, 2.24) is 0 Å². The minimum Gasteiger partial charge on any atom is -0.508 e. The smallest absolute Gasteiger partial charge is 0.262 e. The molecule has 0 unspecified atom stereocenters. The van der Waals surface area contributed by atoms with Crippen molar-refractivity contribution < 1.29 is 17.9 Å². The van der Waals surface area contributed by atoms with Gasteiger partial charge in [-0.05, 0) is 36.8 Å². The van der Waals surface area contributed by atoms with E-state index in [0.717, 1.165) is 6.07 Å². The van der Waals surface area contributed by atoms with Crippen LogP contribution < -0.4 is 4.72 Å². The van der Waals surface area contributed by atoms with Crippen molar-refractivity contribution in [2.45, 2.75) is 11.8 Å². The maximum absolute atomic E-state index is 13.6. The second-order valence-corrected chi connectivity index (χ2v) is 5.77. The highest BCUT2D eigenvalue weighted by Crippen LogP contribution is 2.22. The molecule has 0 aliphatic rings. The van der Waals surface area contributed by atoms with Crippen LogP contribution in [0.3, 0.4) is 0 Å². The molecule has 2 aromatic rings. The van der Waals surface area contributed by atoms with Crippen LogP contribution in [0, 0.1) is 12.7 Å². The number of phenolic OH excluding ortho intramolecular Hbond substituents is 1. The fourth-order valence-corrected chi connectivity index (χ4v) is 2.66. The summed E-state index contributed by atoms with van der Waals surface area (Å²) in [6.45, 7) is 1.70. The molecule has 0 saturated carbocycles. The van der Waals surface area contributed by atoms with Crippen molar-refractivity contribution in [3.05, 3.63) is 53.8 Å². The number of anilines is 1. The number of hydrogen-bond acceptors (Lipinski definition) is 3. The number of rotatable bonds is 3. The molecule has 19 heavy (non-hydrogen) atoms.